The number of halogens is 3. The molecule has 0 aromatic carbocycles. The Morgan fingerprint density at radius 3 is 2.67 bits per heavy atom. The Bertz CT molecular complexity index is 568. The zero-order valence-corrected chi connectivity index (χ0v) is 10.9. The standard InChI is InChI=1S/C14H11F3N2O2/c1-2-6-21-7-5-13(20)11(8-18)12-4-3-10(9-19-12)14(15,16)17/h1,3-4,9,11H,5-7H2/t11-/m0/s1. The molecule has 0 aliphatic heterocycles. The lowest BCUT2D eigenvalue weighted by Crippen LogP contribution is -2.15. The fraction of sp³-hybridized carbons (Fsp3) is 0.357. The van der Waals surface area contributed by atoms with Gasteiger partial charge in [0.2, 0.25) is 0 Å². The van der Waals surface area contributed by atoms with E-state index in [9.17, 15) is 18.0 Å². The molecule has 0 saturated heterocycles. The summed E-state index contributed by atoms with van der Waals surface area (Å²) >= 11 is 0. The van der Waals surface area contributed by atoms with Gasteiger partial charge in [-0.05, 0) is 12.1 Å². The van der Waals surface area contributed by atoms with Gasteiger partial charge >= 0.3 is 6.18 Å². The Balaban J connectivity index is 2.75. The van der Waals surface area contributed by atoms with Crippen LogP contribution in [0.4, 0.5) is 13.2 Å². The van der Waals surface area contributed by atoms with Crippen molar-refractivity contribution >= 4 is 5.78 Å². The van der Waals surface area contributed by atoms with E-state index in [2.05, 4.69) is 10.9 Å². The van der Waals surface area contributed by atoms with Gasteiger partial charge < -0.3 is 4.74 Å². The first-order valence-corrected chi connectivity index (χ1v) is 5.86. The smallest absolute Gasteiger partial charge is 0.368 e. The number of terminal acetylenes is 1. The number of rotatable bonds is 6. The first kappa shape index (κ1) is 16.7. The molecular weight excluding hydrogens is 285 g/mol. The number of nitriles is 1. The van der Waals surface area contributed by atoms with Gasteiger partial charge in [0.15, 0.2) is 5.78 Å². The van der Waals surface area contributed by atoms with Crippen molar-refractivity contribution in [2.75, 3.05) is 13.2 Å². The number of carbonyl (C=O) groups excluding carboxylic acids is 1. The quantitative estimate of drug-likeness (QED) is 0.597. The summed E-state index contributed by atoms with van der Waals surface area (Å²) in [5.41, 5.74) is -0.958. The number of hydrogen-bond acceptors (Lipinski definition) is 4. The van der Waals surface area contributed by atoms with Crippen LogP contribution in [0.15, 0.2) is 18.3 Å². The average Bonchev–Trinajstić information content (AvgIpc) is 2.44. The number of carbonyl (C=O) groups is 1. The second-order valence-electron chi connectivity index (χ2n) is 4.00. The second kappa shape index (κ2) is 7.41. The molecular formula is C14H11F3N2O2. The predicted molar refractivity (Wildman–Crippen MR) is 66.9 cm³/mol. The molecule has 1 heterocycles. The molecule has 1 rings (SSSR count). The minimum Gasteiger partial charge on any atom is -0.368 e. The lowest BCUT2D eigenvalue weighted by atomic mass is 9.98. The van der Waals surface area contributed by atoms with Crippen LogP contribution in [0.5, 0.6) is 0 Å². The number of hydrogen-bond donors (Lipinski definition) is 0. The van der Waals surface area contributed by atoms with Crippen molar-refractivity contribution in [1.29, 1.82) is 5.26 Å². The highest BCUT2D eigenvalue weighted by molar-refractivity contribution is 5.88. The van der Waals surface area contributed by atoms with Crippen LogP contribution in [0.1, 0.15) is 23.6 Å². The molecule has 0 aliphatic carbocycles. The Labute approximate surface area is 119 Å². The Hall–Kier alpha value is -2.38. The van der Waals surface area contributed by atoms with E-state index in [1.165, 1.54) is 0 Å². The molecule has 0 aliphatic rings. The first-order valence-electron chi connectivity index (χ1n) is 5.86. The van der Waals surface area contributed by atoms with Gasteiger partial charge in [-0.25, -0.2) is 0 Å². The summed E-state index contributed by atoms with van der Waals surface area (Å²) in [5.74, 6) is 0.514. The SMILES string of the molecule is C#CCOCCC(=O)[C@@H](C#N)c1ccc(C(F)(F)F)cn1. The average molecular weight is 296 g/mol. The molecule has 0 radical (unpaired) electrons. The van der Waals surface area contributed by atoms with E-state index in [0.29, 0.717) is 6.20 Å². The third-order valence-electron chi connectivity index (χ3n) is 2.54. The molecule has 0 saturated carbocycles. The normalized spacial score (nSPS) is 12.2. The summed E-state index contributed by atoms with van der Waals surface area (Å²) in [6.45, 7) is 0.0882. The highest BCUT2D eigenvalue weighted by Gasteiger charge is 2.31. The molecule has 0 spiro atoms. The summed E-state index contributed by atoms with van der Waals surface area (Å²) in [6.07, 6.45) is 0.977. The van der Waals surface area contributed by atoms with Crippen LogP contribution in [0, 0.1) is 23.7 Å². The van der Waals surface area contributed by atoms with Gasteiger partial charge in [-0.1, -0.05) is 5.92 Å². The van der Waals surface area contributed by atoms with Crippen molar-refractivity contribution in [1.82, 2.24) is 4.98 Å². The molecule has 21 heavy (non-hydrogen) atoms. The number of aromatic nitrogens is 1. The molecule has 0 amide bonds. The summed E-state index contributed by atoms with van der Waals surface area (Å²) in [4.78, 5) is 15.3. The third kappa shape index (κ3) is 4.90. The Morgan fingerprint density at radius 1 is 1.48 bits per heavy atom. The molecule has 0 bridgehead atoms. The van der Waals surface area contributed by atoms with Crippen LogP contribution >= 0.6 is 0 Å². The van der Waals surface area contributed by atoms with E-state index in [1.807, 2.05) is 0 Å². The molecule has 0 fully saturated rings. The summed E-state index contributed by atoms with van der Waals surface area (Å²) < 4.78 is 42.1. The first-order chi connectivity index (χ1) is 9.90. The number of nitrogens with zero attached hydrogens (tertiary/aromatic N) is 2. The zero-order valence-electron chi connectivity index (χ0n) is 10.9. The van der Waals surface area contributed by atoms with Crippen LogP contribution < -0.4 is 0 Å². The van der Waals surface area contributed by atoms with Crippen LogP contribution in [0.3, 0.4) is 0 Å². The monoisotopic (exact) mass is 296 g/mol. The fourth-order valence-electron chi connectivity index (χ4n) is 1.50. The predicted octanol–water partition coefficient (Wildman–Crippen LogP) is 2.32. The lowest BCUT2D eigenvalue weighted by molar-refractivity contribution is -0.137. The highest BCUT2D eigenvalue weighted by atomic mass is 19.4. The van der Waals surface area contributed by atoms with E-state index >= 15 is 0 Å². The van der Waals surface area contributed by atoms with Gasteiger partial charge in [0, 0.05) is 12.6 Å². The summed E-state index contributed by atoms with van der Waals surface area (Å²) in [7, 11) is 0. The maximum atomic E-state index is 12.4. The minimum atomic E-state index is -4.51. The maximum Gasteiger partial charge on any atom is 0.417 e. The van der Waals surface area contributed by atoms with Crippen LogP contribution in [0.2, 0.25) is 0 Å². The second-order valence-corrected chi connectivity index (χ2v) is 4.00. The van der Waals surface area contributed by atoms with Gasteiger partial charge in [-0.3, -0.25) is 9.78 Å². The Morgan fingerprint density at radius 2 is 2.19 bits per heavy atom. The van der Waals surface area contributed by atoms with E-state index in [0.717, 1.165) is 12.1 Å². The minimum absolute atomic E-state index is 0.0209. The van der Waals surface area contributed by atoms with E-state index < -0.39 is 23.4 Å². The van der Waals surface area contributed by atoms with Gasteiger partial charge in [0.1, 0.15) is 12.5 Å². The Kier molecular flexibility index (Phi) is 5.89. The summed E-state index contributed by atoms with van der Waals surface area (Å²) in [6, 6.07) is 3.54. The number of alkyl halides is 3. The van der Waals surface area contributed by atoms with Crippen molar-refractivity contribution in [3.05, 3.63) is 29.6 Å². The van der Waals surface area contributed by atoms with Gasteiger partial charge in [-0.2, -0.15) is 18.4 Å². The highest BCUT2D eigenvalue weighted by Crippen LogP contribution is 2.29. The number of Topliss-reactive ketones (excluding diaryl/α,β-unsaturated/α-hetero) is 1. The summed E-state index contributed by atoms with van der Waals surface area (Å²) in [5, 5.41) is 8.98. The molecule has 1 aromatic rings. The van der Waals surface area contributed by atoms with Crippen molar-refractivity contribution in [3.8, 4) is 18.4 Å². The fourth-order valence-corrected chi connectivity index (χ4v) is 1.50. The van der Waals surface area contributed by atoms with E-state index in [1.54, 1.807) is 6.07 Å². The maximum absolute atomic E-state index is 12.4. The molecule has 110 valence electrons. The molecule has 1 atom stereocenters. The molecule has 1 aromatic heterocycles. The molecule has 4 nitrogen and oxygen atoms in total. The van der Waals surface area contributed by atoms with E-state index in [-0.39, 0.29) is 25.3 Å². The largest absolute Gasteiger partial charge is 0.417 e. The molecule has 7 heteroatoms. The van der Waals surface area contributed by atoms with Crippen molar-refractivity contribution in [2.24, 2.45) is 0 Å². The topological polar surface area (TPSA) is 63.0 Å². The van der Waals surface area contributed by atoms with Crippen LogP contribution in [-0.2, 0) is 15.7 Å². The van der Waals surface area contributed by atoms with Crippen molar-refractivity contribution in [2.45, 2.75) is 18.5 Å². The molecule has 0 unspecified atom stereocenters. The third-order valence-corrected chi connectivity index (χ3v) is 2.54. The van der Waals surface area contributed by atoms with Gasteiger partial charge in [-0.15, -0.1) is 6.42 Å². The van der Waals surface area contributed by atoms with Crippen LogP contribution in [0.25, 0.3) is 0 Å². The van der Waals surface area contributed by atoms with Crippen LogP contribution in [-0.4, -0.2) is 24.0 Å². The number of ketones is 1. The number of ether oxygens (including phenoxy) is 1. The lowest BCUT2D eigenvalue weighted by Gasteiger charge is -2.10. The van der Waals surface area contributed by atoms with E-state index in [4.69, 9.17) is 16.4 Å². The van der Waals surface area contributed by atoms with Gasteiger partial charge in [0.25, 0.3) is 0 Å². The zero-order chi connectivity index (χ0) is 15.9. The van der Waals surface area contributed by atoms with Crippen molar-refractivity contribution in [3.63, 3.8) is 0 Å². The molecule has 0 N–H and O–H groups in total. The number of pyridine rings is 1. The van der Waals surface area contributed by atoms with Crippen molar-refractivity contribution < 1.29 is 22.7 Å². The van der Waals surface area contributed by atoms with Gasteiger partial charge in [0.05, 0.1) is 23.9 Å².